The number of para-hydroxylation sites is 1. The van der Waals surface area contributed by atoms with Crippen LogP contribution in [0.1, 0.15) is 44.1 Å². The van der Waals surface area contributed by atoms with Crippen LogP contribution in [0.2, 0.25) is 0 Å². The van der Waals surface area contributed by atoms with E-state index in [0.717, 1.165) is 31.7 Å². The minimum Gasteiger partial charge on any atom is -0.488 e. The molecule has 0 bridgehead atoms. The summed E-state index contributed by atoms with van der Waals surface area (Å²) in [7, 11) is 0. The molecule has 2 fully saturated rings. The maximum Gasteiger partial charge on any atom is 0.123 e. The lowest BCUT2D eigenvalue weighted by Crippen LogP contribution is -2.47. The molecule has 0 amide bonds. The number of hydrogen-bond acceptors (Lipinski definition) is 3. The van der Waals surface area contributed by atoms with Crippen molar-refractivity contribution < 1.29 is 9.47 Å². The van der Waals surface area contributed by atoms with Crippen molar-refractivity contribution in [1.29, 1.82) is 0 Å². The van der Waals surface area contributed by atoms with Crippen molar-refractivity contribution in [2.45, 2.75) is 62.7 Å². The summed E-state index contributed by atoms with van der Waals surface area (Å²) in [6.45, 7) is 1.87. The van der Waals surface area contributed by atoms with Crippen LogP contribution in [0, 0.1) is 0 Å². The molecule has 1 aromatic carbocycles. The first-order valence-corrected chi connectivity index (χ1v) is 8.45. The van der Waals surface area contributed by atoms with Gasteiger partial charge in [0.2, 0.25) is 0 Å². The number of nitrogens with one attached hydrogen (secondary N) is 1. The van der Waals surface area contributed by atoms with Gasteiger partial charge >= 0.3 is 0 Å². The predicted molar refractivity (Wildman–Crippen MR) is 82.7 cm³/mol. The van der Waals surface area contributed by atoms with Gasteiger partial charge in [-0.25, -0.2) is 0 Å². The monoisotopic (exact) mass is 287 g/mol. The van der Waals surface area contributed by atoms with Crippen molar-refractivity contribution in [3.8, 4) is 5.75 Å². The first-order chi connectivity index (χ1) is 10.3. The molecule has 1 saturated carbocycles. The first kappa shape index (κ1) is 13.6. The van der Waals surface area contributed by atoms with Crippen LogP contribution in [0.4, 0.5) is 0 Å². The van der Waals surface area contributed by atoms with Gasteiger partial charge in [0.25, 0.3) is 0 Å². The molecular formula is C18H25NO2. The van der Waals surface area contributed by atoms with Crippen LogP contribution < -0.4 is 10.1 Å². The lowest BCUT2D eigenvalue weighted by Gasteiger charge is -2.39. The molecule has 2 atom stereocenters. The van der Waals surface area contributed by atoms with Crippen molar-refractivity contribution in [2.24, 2.45) is 0 Å². The fourth-order valence-corrected chi connectivity index (χ4v) is 4.24. The Morgan fingerprint density at radius 1 is 1.19 bits per heavy atom. The van der Waals surface area contributed by atoms with Crippen LogP contribution in [0.15, 0.2) is 24.3 Å². The Morgan fingerprint density at radius 3 is 2.90 bits per heavy atom. The van der Waals surface area contributed by atoms with Gasteiger partial charge in [-0.05, 0) is 37.3 Å². The highest BCUT2D eigenvalue weighted by Crippen LogP contribution is 2.40. The van der Waals surface area contributed by atoms with E-state index in [0.29, 0.717) is 12.1 Å². The molecule has 3 heteroatoms. The zero-order valence-corrected chi connectivity index (χ0v) is 12.6. The molecule has 3 nitrogen and oxygen atoms in total. The average molecular weight is 287 g/mol. The molecule has 1 aromatic rings. The van der Waals surface area contributed by atoms with Gasteiger partial charge in [-0.1, -0.05) is 31.0 Å². The summed E-state index contributed by atoms with van der Waals surface area (Å²) < 4.78 is 12.1. The van der Waals surface area contributed by atoms with E-state index in [2.05, 4.69) is 29.6 Å². The minimum atomic E-state index is 0.204. The Morgan fingerprint density at radius 2 is 2.05 bits per heavy atom. The largest absolute Gasteiger partial charge is 0.488 e. The highest BCUT2D eigenvalue weighted by atomic mass is 16.5. The molecule has 1 saturated heterocycles. The van der Waals surface area contributed by atoms with Crippen molar-refractivity contribution in [1.82, 2.24) is 5.32 Å². The van der Waals surface area contributed by atoms with Gasteiger partial charge < -0.3 is 14.8 Å². The van der Waals surface area contributed by atoms with Crippen LogP contribution in [0.3, 0.4) is 0 Å². The maximum atomic E-state index is 6.11. The van der Waals surface area contributed by atoms with Gasteiger partial charge in [-0.2, -0.15) is 0 Å². The fraction of sp³-hybridized carbons (Fsp3) is 0.667. The Labute approximate surface area is 127 Å². The molecule has 2 heterocycles. The van der Waals surface area contributed by atoms with Crippen molar-refractivity contribution >= 4 is 0 Å². The lowest BCUT2D eigenvalue weighted by molar-refractivity contribution is -0.0841. The zero-order valence-electron chi connectivity index (χ0n) is 12.6. The molecule has 4 rings (SSSR count). The summed E-state index contributed by atoms with van der Waals surface area (Å²) >= 11 is 0. The van der Waals surface area contributed by atoms with E-state index >= 15 is 0 Å². The molecular weight excluding hydrogens is 262 g/mol. The van der Waals surface area contributed by atoms with Gasteiger partial charge in [0.1, 0.15) is 11.9 Å². The van der Waals surface area contributed by atoms with E-state index in [1.165, 1.54) is 37.7 Å². The second-order valence-corrected chi connectivity index (χ2v) is 6.89. The molecule has 1 spiro atoms. The molecule has 114 valence electrons. The first-order valence-electron chi connectivity index (χ1n) is 8.45. The Balaban J connectivity index is 1.30. The van der Waals surface area contributed by atoms with E-state index in [1.54, 1.807) is 0 Å². The summed E-state index contributed by atoms with van der Waals surface area (Å²) in [4.78, 5) is 0. The van der Waals surface area contributed by atoms with Crippen LogP contribution in [-0.4, -0.2) is 30.9 Å². The van der Waals surface area contributed by atoms with Gasteiger partial charge in [-0.3, -0.25) is 0 Å². The molecule has 21 heavy (non-hydrogen) atoms. The van der Waals surface area contributed by atoms with Gasteiger partial charge in [0.05, 0.1) is 5.60 Å². The highest BCUT2D eigenvalue weighted by molar-refractivity contribution is 5.37. The van der Waals surface area contributed by atoms with Gasteiger partial charge in [0, 0.05) is 25.6 Å². The summed E-state index contributed by atoms with van der Waals surface area (Å²) in [5.74, 6) is 1.07. The Bertz CT molecular complexity index is 471. The highest BCUT2D eigenvalue weighted by Gasteiger charge is 2.39. The summed E-state index contributed by atoms with van der Waals surface area (Å²) in [6.07, 6.45) is 8.87. The summed E-state index contributed by atoms with van der Waals surface area (Å²) in [5, 5.41) is 3.74. The third-order valence-electron chi connectivity index (χ3n) is 5.36. The zero-order chi connectivity index (χ0) is 14.1. The molecule has 0 aromatic heterocycles. The molecule has 2 unspecified atom stereocenters. The van der Waals surface area contributed by atoms with Gasteiger partial charge in [0.15, 0.2) is 0 Å². The topological polar surface area (TPSA) is 30.5 Å². The molecule has 3 aliphatic rings. The third-order valence-corrected chi connectivity index (χ3v) is 5.36. The Kier molecular flexibility index (Phi) is 3.64. The van der Waals surface area contributed by atoms with Crippen molar-refractivity contribution in [3.63, 3.8) is 0 Å². The second-order valence-electron chi connectivity index (χ2n) is 6.89. The number of hydrogen-bond donors (Lipinski definition) is 1. The normalized spacial score (nSPS) is 30.3. The van der Waals surface area contributed by atoms with Crippen LogP contribution in [-0.2, 0) is 11.2 Å². The van der Waals surface area contributed by atoms with Crippen LogP contribution in [0.25, 0.3) is 0 Å². The maximum absolute atomic E-state index is 6.11. The van der Waals surface area contributed by atoms with E-state index in [1.807, 2.05) is 0 Å². The van der Waals surface area contributed by atoms with E-state index < -0.39 is 0 Å². The minimum absolute atomic E-state index is 0.204. The predicted octanol–water partition coefficient (Wildman–Crippen LogP) is 3.07. The van der Waals surface area contributed by atoms with Crippen molar-refractivity contribution in [2.75, 3.05) is 13.2 Å². The fourth-order valence-electron chi connectivity index (χ4n) is 4.24. The molecule has 1 N–H and O–H groups in total. The van der Waals surface area contributed by atoms with E-state index in [4.69, 9.17) is 9.47 Å². The van der Waals surface area contributed by atoms with Gasteiger partial charge in [-0.15, -0.1) is 0 Å². The standard InChI is InChI=1S/C18H25NO2/c1-2-6-17-14(5-1)11-16(21-17)13-19-15-7-10-20-18(12-15)8-3-4-9-18/h1-2,5-6,15-16,19H,3-4,7-13H2. The number of ether oxygens (including phenoxy) is 2. The smallest absolute Gasteiger partial charge is 0.123 e. The van der Waals surface area contributed by atoms with Crippen molar-refractivity contribution in [3.05, 3.63) is 29.8 Å². The third kappa shape index (κ3) is 2.82. The van der Waals surface area contributed by atoms with Crippen LogP contribution in [0.5, 0.6) is 5.75 Å². The summed E-state index contributed by atoms with van der Waals surface area (Å²) in [5.41, 5.74) is 1.55. The number of rotatable bonds is 3. The second kappa shape index (κ2) is 5.62. The number of benzene rings is 1. The van der Waals surface area contributed by atoms with E-state index in [9.17, 15) is 0 Å². The molecule has 2 aliphatic heterocycles. The van der Waals surface area contributed by atoms with E-state index in [-0.39, 0.29) is 5.60 Å². The SMILES string of the molecule is c1ccc2c(c1)CC(CNC1CCOC3(CCCC3)C1)O2. The lowest BCUT2D eigenvalue weighted by atomic mass is 9.89. The Hall–Kier alpha value is -1.06. The average Bonchev–Trinajstić information content (AvgIpc) is 3.12. The quantitative estimate of drug-likeness (QED) is 0.927. The summed E-state index contributed by atoms with van der Waals surface area (Å²) in [6, 6.07) is 9.01. The molecule has 0 radical (unpaired) electrons. The number of fused-ring (bicyclic) bond motifs is 1. The molecule has 1 aliphatic carbocycles. The van der Waals surface area contributed by atoms with Crippen LogP contribution >= 0.6 is 0 Å².